The second kappa shape index (κ2) is 4.56. The van der Waals surface area contributed by atoms with Crippen molar-refractivity contribution in [3.05, 3.63) is 44.9 Å². The Morgan fingerprint density at radius 3 is 2.47 bits per heavy atom. The van der Waals surface area contributed by atoms with Gasteiger partial charge in [-0.2, -0.15) is 5.10 Å². The van der Waals surface area contributed by atoms with Gasteiger partial charge in [-0.3, -0.25) is 23.4 Å². The zero-order valence-electron chi connectivity index (χ0n) is 10.7. The third-order valence-electron chi connectivity index (χ3n) is 2.71. The van der Waals surface area contributed by atoms with Crippen LogP contribution in [0, 0.1) is 0 Å². The Bertz CT molecular complexity index is 752. The molecule has 0 spiro atoms. The van der Waals surface area contributed by atoms with Crippen LogP contribution in [-0.2, 0) is 21.1 Å². The molecule has 0 bridgehead atoms. The van der Waals surface area contributed by atoms with Crippen molar-refractivity contribution in [1.29, 1.82) is 0 Å². The number of hydrogen-bond donors (Lipinski definition) is 1. The number of carbonyl (C=O) groups excluding carboxylic acids is 1. The van der Waals surface area contributed by atoms with Crippen LogP contribution < -0.4 is 16.6 Å². The van der Waals surface area contributed by atoms with Gasteiger partial charge in [0.1, 0.15) is 5.82 Å². The van der Waals surface area contributed by atoms with Gasteiger partial charge in [0.15, 0.2) is 5.69 Å². The average Bonchev–Trinajstić information content (AvgIpc) is 2.80. The van der Waals surface area contributed by atoms with Crippen LogP contribution in [0.5, 0.6) is 0 Å². The van der Waals surface area contributed by atoms with Crippen molar-refractivity contribution in [2.24, 2.45) is 21.1 Å². The van der Waals surface area contributed by atoms with Crippen LogP contribution in [0.2, 0.25) is 0 Å². The van der Waals surface area contributed by atoms with Crippen molar-refractivity contribution in [2.75, 3.05) is 5.32 Å². The smallest absolute Gasteiger partial charge is 0.306 e. The van der Waals surface area contributed by atoms with E-state index in [1.807, 2.05) is 0 Å². The summed E-state index contributed by atoms with van der Waals surface area (Å²) in [6, 6.07) is 2.72. The maximum absolute atomic E-state index is 11.9. The molecule has 1 N–H and O–H groups in total. The quantitative estimate of drug-likeness (QED) is 0.757. The normalized spacial score (nSPS) is 10.5. The van der Waals surface area contributed by atoms with E-state index in [2.05, 4.69) is 10.4 Å². The first-order valence-electron chi connectivity index (χ1n) is 5.48. The fourth-order valence-electron chi connectivity index (χ4n) is 1.57. The monoisotopic (exact) mass is 263 g/mol. The summed E-state index contributed by atoms with van der Waals surface area (Å²) in [4.78, 5) is 35.1. The second-order valence-electron chi connectivity index (χ2n) is 4.10. The van der Waals surface area contributed by atoms with E-state index in [1.165, 1.54) is 35.5 Å². The average molecular weight is 263 g/mol. The number of rotatable bonds is 2. The molecule has 0 aliphatic heterocycles. The van der Waals surface area contributed by atoms with E-state index in [-0.39, 0.29) is 11.5 Å². The topological polar surface area (TPSA) is 90.9 Å². The molecular weight excluding hydrogens is 250 g/mol. The van der Waals surface area contributed by atoms with Crippen LogP contribution in [0.25, 0.3) is 0 Å². The maximum atomic E-state index is 11.9. The van der Waals surface area contributed by atoms with Crippen molar-refractivity contribution in [3.63, 3.8) is 0 Å². The van der Waals surface area contributed by atoms with E-state index in [0.29, 0.717) is 0 Å². The van der Waals surface area contributed by atoms with Crippen LogP contribution in [0.4, 0.5) is 5.82 Å². The van der Waals surface area contributed by atoms with Crippen molar-refractivity contribution >= 4 is 11.7 Å². The first-order valence-corrected chi connectivity index (χ1v) is 5.48. The molecule has 8 heteroatoms. The predicted molar refractivity (Wildman–Crippen MR) is 68.1 cm³/mol. The molecule has 0 aliphatic carbocycles. The van der Waals surface area contributed by atoms with E-state index in [1.54, 1.807) is 13.2 Å². The molecule has 8 nitrogen and oxygen atoms in total. The van der Waals surface area contributed by atoms with Crippen LogP contribution in [0.3, 0.4) is 0 Å². The molecule has 0 radical (unpaired) electrons. The lowest BCUT2D eigenvalue weighted by Gasteiger charge is -2.09. The summed E-state index contributed by atoms with van der Waals surface area (Å²) >= 11 is 0. The Kier molecular flexibility index (Phi) is 3.07. The molecule has 0 aromatic carbocycles. The summed E-state index contributed by atoms with van der Waals surface area (Å²) in [5.74, 6) is -0.354. The van der Waals surface area contributed by atoms with Gasteiger partial charge < -0.3 is 5.32 Å². The zero-order valence-corrected chi connectivity index (χ0v) is 10.7. The van der Waals surface area contributed by atoms with Crippen molar-refractivity contribution in [1.82, 2.24) is 18.9 Å². The number of nitrogens with zero attached hydrogens (tertiary/aromatic N) is 4. The van der Waals surface area contributed by atoms with Crippen LogP contribution in [-0.4, -0.2) is 24.8 Å². The Morgan fingerprint density at radius 2 is 1.89 bits per heavy atom. The molecule has 0 atom stereocenters. The highest BCUT2D eigenvalue weighted by atomic mass is 16.2. The molecule has 0 saturated heterocycles. The fourth-order valence-corrected chi connectivity index (χ4v) is 1.57. The first kappa shape index (κ1) is 12.8. The van der Waals surface area contributed by atoms with Crippen LogP contribution in [0.15, 0.2) is 27.9 Å². The van der Waals surface area contributed by atoms with Gasteiger partial charge in [-0.05, 0) is 6.07 Å². The molecule has 0 fully saturated rings. The Hall–Kier alpha value is -2.64. The summed E-state index contributed by atoms with van der Waals surface area (Å²) in [5, 5.41) is 6.42. The summed E-state index contributed by atoms with van der Waals surface area (Å²) in [5.41, 5.74) is -0.793. The lowest BCUT2D eigenvalue weighted by molar-refractivity contribution is 0.102. The Balaban J connectivity index is 2.37. The lowest BCUT2D eigenvalue weighted by atomic mass is 10.4. The van der Waals surface area contributed by atoms with Gasteiger partial charge in [-0.25, -0.2) is 4.79 Å². The summed E-state index contributed by atoms with van der Waals surface area (Å²) < 4.78 is 3.62. The highest BCUT2D eigenvalue weighted by molar-refractivity contribution is 6.02. The SMILES string of the molecule is Cn1ccc(C(=O)Nc2cc(=O)n(C)c(=O)n2C)n1. The van der Waals surface area contributed by atoms with Gasteiger partial charge in [-0.1, -0.05) is 0 Å². The summed E-state index contributed by atoms with van der Waals surface area (Å²) in [7, 11) is 4.52. The number of anilines is 1. The highest BCUT2D eigenvalue weighted by Gasteiger charge is 2.12. The van der Waals surface area contributed by atoms with Gasteiger partial charge in [-0.15, -0.1) is 0 Å². The van der Waals surface area contributed by atoms with Gasteiger partial charge in [0, 0.05) is 33.4 Å². The second-order valence-corrected chi connectivity index (χ2v) is 4.10. The van der Waals surface area contributed by atoms with Crippen molar-refractivity contribution < 1.29 is 4.79 Å². The minimum absolute atomic E-state index is 0.128. The summed E-state index contributed by atoms with van der Waals surface area (Å²) in [6.07, 6.45) is 1.62. The first-order chi connectivity index (χ1) is 8.90. The number of carbonyl (C=O) groups is 1. The van der Waals surface area contributed by atoms with E-state index in [0.717, 1.165) is 4.57 Å². The predicted octanol–water partition coefficient (Wildman–Crippen LogP) is -0.930. The third-order valence-corrected chi connectivity index (χ3v) is 2.71. The van der Waals surface area contributed by atoms with E-state index in [9.17, 15) is 14.4 Å². The largest absolute Gasteiger partial charge is 0.332 e. The maximum Gasteiger partial charge on any atom is 0.332 e. The molecule has 19 heavy (non-hydrogen) atoms. The molecule has 0 unspecified atom stereocenters. The zero-order chi connectivity index (χ0) is 14.2. The highest BCUT2D eigenvalue weighted by Crippen LogP contribution is 2.02. The molecule has 2 heterocycles. The Labute approximate surface area is 107 Å². The van der Waals surface area contributed by atoms with Gasteiger partial charge >= 0.3 is 5.69 Å². The van der Waals surface area contributed by atoms with Crippen molar-refractivity contribution in [2.45, 2.75) is 0 Å². The number of amides is 1. The van der Waals surface area contributed by atoms with Gasteiger partial charge in [0.05, 0.1) is 0 Å². The van der Waals surface area contributed by atoms with Gasteiger partial charge in [0.2, 0.25) is 0 Å². The summed E-state index contributed by atoms with van der Waals surface area (Å²) in [6.45, 7) is 0. The molecular formula is C11H13N5O3. The molecule has 1 amide bonds. The molecule has 0 aliphatic rings. The molecule has 2 rings (SSSR count). The fraction of sp³-hybridized carbons (Fsp3) is 0.273. The van der Waals surface area contributed by atoms with Crippen molar-refractivity contribution in [3.8, 4) is 0 Å². The number of aromatic nitrogens is 4. The molecule has 0 saturated carbocycles. The van der Waals surface area contributed by atoms with E-state index in [4.69, 9.17) is 0 Å². The number of nitrogens with one attached hydrogen (secondary N) is 1. The van der Waals surface area contributed by atoms with Gasteiger partial charge in [0.25, 0.3) is 11.5 Å². The Morgan fingerprint density at radius 1 is 1.21 bits per heavy atom. The minimum atomic E-state index is -0.510. The van der Waals surface area contributed by atoms with Crippen LogP contribution >= 0.6 is 0 Å². The molecule has 2 aromatic rings. The standard InChI is InChI=1S/C11H13N5O3/c1-14-5-4-7(13-14)10(18)12-8-6-9(17)16(3)11(19)15(8)2/h4-6H,1-3H3,(H,12,18). The van der Waals surface area contributed by atoms with Crippen LogP contribution in [0.1, 0.15) is 10.5 Å². The lowest BCUT2D eigenvalue weighted by Crippen LogP contribution is -2.38. The third kappa shape index (κ3) is 2.32. The molecule has 100 valence electrons. The van der Waals surface area contributed by atoms with E-state index >= 15 is 0 Å². The minimum Gasteiger partial charge on any atom is -0.306 e. The number of hydrogen-bond acceptors (Lipinski definition) is 4. The molecule has 2 aromatic heterocycles. The number of aryl methyl sites for hydroxylation is 1. The van der Waals surface area contributed by atoms with E-state index < -0.39 is 17.2 Å².